The van der Waals surface area contributed by atoms with Crippen LogP contribution in [-0.2, 0) is 15.5 Å². The summed E-state index contributed by atoms with van der Waals surface area (Å²) < 4.78 is 70.4. The molecule has 0 aliphatic carbocycles. The molecule has 0 saturated carbocycles. The van der Waals surface area contributed by atoms with Crippen molar-refractivity contribution in [3.63, 3.8) is 0 Å². The number of hydrogen-bond acceptors (Lipinski definition) is 8. The van der Waals surface area contributed by atoms with Crippen LogP contribution >= 0.6 is 0 Å². The van der Waals surface area contributed by atoms with Gasteiger partial charge in [-0.2, -0.15) is 18.4 Å². The molecule has 1 aliphatic heterocycles. The van der Waals surface area contributed by atoms with Crippen molar-refractivity contribution in [2.75, 3.05) is 24.7 Å². The summed E-state index contributed by atoms with van der Waals surface area (Å²) in [5, 5.41) is 11.4. The number of aliphatic imine (C=N–C) groups is 1. The summed E-state index contributed by atoms with van der Waals surface area (Å²) in [6.45, 7) is 1.19. The topological polar surface area (TPSA) is 150 Å². The highest BCUT2D eigenvalue weighted by molar-refractivity contribution is 7.92. The Hall–Kier alpha value is -3.80. The minimum absolute atomic E-state index is 0.00147. The molecular weight excluding hydrogens is 492 g/mol. The van der Waals surface area contributed by atoms with Crippen molar-refractivity contribution in [2.24, 2.45) is 15.1 Å². The second-order valence-corrected chi connectivity index (χ2v) is 10.2. The van der Waals surface area contributed by atoms with Crippen LogP contribution in [0.3, 0.4) is 0 Å². The fraction of sp³-hybridized carbons (Fsp3) is 0.350. The average Bonchev–Trinajstić information content (AvgIpc) is 2.76. The highest BCUT2D eigenvalue weighted by atomic mass is 32.2. The Morgan fingerprint density at radius 2 is 2.11 bits per heavy atom. The van der Waals surface area contributed by atoms with E-state index >= 15 is 0 Å². The standard InChI is InChI=1S/C20H20F4N8O2S/c1-11-6-12(7-25)8-27-15(11)17(33)30-14-5-4-13(21)16(29-14)19(2)10-35(34,28-9-20(22,23)24)32(3)18(26)31-19/h4-6,8H,9-10H2,1-3H3,(H2,26,31)(H,29,30,33)/t19?,35-/m1/s1. The lowest BCUT2D eigenvalue weighted by molar-refractivity contribution is -0.117. The Bertz CT molecular complexity index is 1380. The van der Waals surface area contributed by atoms with Crippen LogP contribution in [0.15, 0.2) is 33.8 Å². The average molecular weight is 512 g/mol. The van der Waals surface area contributed by atoms with E-state index in [1.54, 1.807) is 6.92 Å². The summed E-state index contributed by atoms with van der Waals surface area (Å²) in [6.07, 6.45) is -3.50. The molecule has 0 saturated heterocycles. The minimum Gasteiger partial charge on any atom is -0.369 e. The van der Waals surface area contributed by atoms with Crippen molar-refractivity contribution >= 4 is 27.6 Å². The molecule has 0 radical (unpaired) electrons. The van der Waals surface area contributed by atoms with Crippen molar-refractivity contribution in [1.29, 1.82) is 5.26 Å². The van der Waals surface area contributed by atoms with Gasteiger partial charge < -0.3 is 11.1 Å². The van der Waals surface area contributed by atoms with Gasteiger partial charge in [-0.25, -0.2) is 27.9 Å². The number of nitrogens with one attached hydrogen (secondary N) is 1. The predicted molar refractivity (Wildman–Crippen MR) is 119 cm³/mol. The van der Waals surface area contributed by atoms with Crippen LogP contribution in [0.2, 0.25) is 0 Å². The van der Waals surface area contributed by atoms with Gasteiger partial charge in [-0.05, 0) is 37.6 Å². The number of aromatic nitrogens is 2. The summed E-state index contributed by atoms with van der Waals surface area (Å²) in [7, 11) is -2.59. The van der Waals surface area contributed by atoms with Crippen LogP contribution in [0.1, 0.15) is 34.2 Å². The quantitative estimate of drug-likeness (QED) is 0.601. The highest BCUT2D eigenvalue weighted by Gasteiger charge is 2.42. The van der Waals surface area contributed by atoms with E-state index < -0.39 is 57.3 Å². The lowest BCUT2D eigenvalue weighted by Gasteiger charge is -2.36. The van der Waals surface area contributed by atoms with Gasteiger partial charge in [0.25, 0.3) is 5.91 Å². The zero-order valence-electron chi connectivity index (χ0n) is 18.7. The lowest BCUT2D eigenvalue weighted by atomic mass is 10.00. The van der Waals surface area contributed by atoms with E-state index in [0.29, 0.717) is 5.56 Å². The maximum atomic E-state index is 14.8. The number of pyridine rings is 2. The molecule has 35 heavy (non-hydrogen) atoms. The van der Waals surface area contributed by atoms with Gasteiger partial charge in [-0.1, -0.05) is 0 Å². The third kappa shape index (κ3) is 5.48. The molecule has 2 aromatic heterocycles. The molecule has 0 fully saturated rings. The molecule has 2 atom stereocenters. The van der Waals surface area contributed by atoms with E-state index in [1.165, 1.54) is 26.2 Å². The fourth-order valence-electron chi connectivity index (χ4n) is 3.33. The number of guanidine groups is 1. The molecule has 1 unspecified atom stereocenters. The third-order valence-corrected chi connectivity index (χ3v) is 7.56. The number of hydrogen-bond donors (Lipinski definition) is 2. The van der Waals surface area contributed by atoms with Crippen LogP contribution in [0.4, 0.5) is 23.4 Å². The van der Waals surface area contributed by atoms with Crippen LogP contribution in [0.5, 0.6) is 0 Å². The van der Waals surface area contributed by atoms with Crippen LogP contribution < -0.4 is 11.1 Å². The van der Waals surface area contributed by atoms with Gasteiger partial charge in [0.05, 0.1) is 11.3 Å². The zero-order chi connectivity index (χ0) is 26.2. The highest BCUT2D eigenvalue weighted by Crippen LogP contribution is 2.34. The van der Waals surface area contributed by atoms with Gasteiger partial charge in [-0.3, -0.25) is 9.10 Å². The SMILES string of the molecule is Cc1cc(C#N)cnc1C(=O)Nc1ccc(F)c(C2(C)C[S@@](=O)(=NCC(F)(F)F)N(C)C(N)=N2)n1. The van der Waals surface area contributed by atoms with Gasteiger partial charge in [0, 0.05) is 13.2 Å². The number of carbonyl (C=O) groups is 1. The van der Waals surface area contributed by atoms with Crippen LogP contribution in [0.25, 0.3) is 0 Å². The smallest absolute Gasteiger partial charge is 0.369 e. The molecular formula is C20H20F4N8O2S. The first-order valence-electron chi connectivity index (χ1n) is 9.89. The van der Waals surface area contributed by atoms with Crippen LogP contribution in [-0.4, -0.2) is 55.9 Å². The number of nitriles is 1. The first-order chi connectivity index (χ1) is 16.2. The molecule has 10 nitrogen and oxygen atoms in total. The second-order valence-electron chi connectivity index (χ2n) is 7.88. The molecule has 0 bridgehead atoms. The summed E-state index contributed by atoms with van der Waals surface area (Å²) in [6, 6.07) is 5.49. The first kappa shape index (κ1) is 25.8. The molecule has 0 spiro atoms. The number of nitrogens with two attached hydrogens (primary N) is 1. The Kier molecular flexibility index (Phi) is 6.71. The molecule has 3 N–H and O–H groups in total. The van der Waals surface area contributed by atoms with E-state index in [9.17, 15) is 26.6 Å². The predicted octanol–water partition coefficient (Wildman–Crippen LogP) is 2.47. The van der Waals surface area contributed by atoms with E-state index in [-0.39, 0.29) is 17.1 Å². The number of nitrogens with zero attached hydrogens (tertiary/aromatic N) is 6. The molecule has 186 valence electrons. The summed E-state index contributed by atoms with van der Waals surface area (Å²) in [4.78, 5) is 24.8. The van der Waals surface area contributed by atoms with E-state index in [0.717, 1.165) is 16.4 Å². The number of alkyl halides is 3. The van der Waals surface area contributed by atoms with Gasteiger partial charge in [0.15, 0.2) is 0 Å². The number of anilines is 1. The van der Waals surface area contributed by atoms with E-state index in [1.807, 2.05) is 6.07 Å². The first-order valence-corrected chi connectivity index (χ1v) is 11.5. The number of carbonyl (C=O) groups excluding carboxylic acids is 1. The van der Waals surface area contributed by atoms with Gasteiger partial charge in [0.1, 0.15) is 51.1 Å². The van der Waals surface area contributed by atoms with Crippen LogP contribution in [0, 0.1) is 24.1 Å². The normalized spacial score (nSPS) is 22.2. The maximum Gasteiger partial charge on any atom is 0.408 e. The van der Waals surface area contributed by atoms with E-state index in [2.05, 4.69) is 24.6 Å². The Morgan fingerprint density at radius 1 is 1.43 bits per heavy atom. The number of aryl methyl sites for hydroxylation is 1. The summed E-state index contributed by atoms with van der Waals surface area (Å²) >= 11 is 0. The van der Waals surface area contributed by atoms with Crippen molar-refractivity contribution in [3.05, 3.63) is 52.7 Å². The molecule has 3 heterocycles. The summed E-state index contributed by atoms with van der Waals surface area (Å²) in [5.74, 6) is -2.77. The van der Waals surface area contributed by atoms with Gasteiger partial charge in [-0.15, -0.1) is 0 Å². The number of amides is 1. The molecule has 2 aromatic rings. The number of halogens is 4. The van der Waals surface area contributed by atoms with Gasteiger partial charge in [0.2, 0.25) is 5.96 Å². The third-order valence-electron chi connectivity index (χ3n) is 5.05. The maximum absolute atomic E-state index is 14.8. The number of rotatable bonds is 4. The molecule has 0 aromatic carbocycles. The van der Waals surface area contributed by atoms with Crippen molar-refractivity contribution < 1.29 is 26.6 Å². The molecule has 3 rings (SSSR count). The summed E-state index contributed by atoms with van der Waals surface area (Å²) in [5.41, 5.74) is 4.31. The van der Waals surface area contributed by atoms with Crippen molar-refractivity contribution in [2.45, 2.75) is 25.6 Å². The second kappa shape index (κ2) is 9.10. The minimum atomic E-state index is -4.71. The van der Waals surface area contributed by atoms with Gasteiger partial charge >= 0.3 is 6.18 Å². The molecule has 15 heteroatoms. The zero-order valence-corrected chi connectivity index (χ0v) is 19.5. The monoisotopic (exact) mass is 512 g/mol. The molecule has 1 aliphatic rings. The largest absolute Gasteiger partial charge is 0.408 e. The Balaban J connectivity index is 1.99. The Morgan fingerprint density at radius 3 is 2.71 bits per heavy atom. The molecule has 1 amide bonds. The van der Waals surface area contributed by atoms with Crippen molar-refractivity contribution in [1.82, 2.24) is 14.3 Å². The lowest BCUT2D eigenvalue weighted by Crippen LogP contribution is -2.51. The fourth-order valence-corrected chi connectivity index (χ4v) is 5.40. The van der Waals surface area contributed by atoms with Crippen molar-refractivity contribution in [3.8, 4) is 6.07 Å². The Labute approximate surface area is 198 Å². The van der Waals surface area contributed by atoms with E-state index in [4.69, 9.17) is 11.0 Å².